The highest BCUT2D eigenvalue weighted by Crippen LogP contribution is 2.17. The molecule has 3 rings (SSSR count). The number of nitrogens with one attached hydrogen (secondary N) is 1. The predicted octanol–water partition coefficient (Wildman–Crippen LogP) is 1.06. The number of aliphatic carboxylic acids is 1. The van der Waals surface area contributed by atoms with Gasteiger partial charge in [0, 0.05) is 19.3 Å². The van der Waals surface area contributed by atoms with Crippen LogP contribution in [0.2, 0.25) is 0 Å². The van der Waals surface area contributed by atoms with Gasteiger partial charge in [0.15, 0.2) is 5.65 Å². The molecule has 1 saturated heterocycles. The molecule has 1 aliphatic rings. The molecular formula is C13H15N5O3. The Balaban J connectivity index is 1.69. The first-order chi connectivity index (χ1) is 10.1. The third-order valence-electron chi connectivity index (χ3n) is 3.52. The molecule has 8 nitrogen and oxygen atoms in total. The maximum atomic E-state index is 12.1. The standard InChI is InChI=1S/C13H15N5O3/c19-11(20)9-4-3-6-17(8-9)13(21)15-12-14-10-5-1-2-7-18(10)16-12/h1-2,5,7,9H,3-4,6,8H2,(H,19,20)(H,15,16,21). The average Bonchev–Trinajstić information content (AvgIpc) is 2.89. The smallest absolute Gasteiger partial charge is 0.324 e. The van der Waals surface area contributed by atoms with E-state index in [-0.39, 0.29) is 18.5 Å². The molecule has 0 saturated carbocycles. The maximum absolute atomic E-state index is 12.1. The molecule has 0 radical (unpaired) electrons. The number of fused-ring (bicyclic) bond motifs is 1. The number of amides is 2. The summed E-state index contributed by atoms with van der Waals surface area (Å²) in [4.78, 5) is 28.8. The quantitative estimate of drug-likeness (QED) is 0.861. The fourth-order valence-corrected chi connectivity index (χ4v) is 2.42. The van der Waals surface area contributed by atoms with E-state index in [4.69, 9.17) is 5.11 Å². The van der Waals surface area contributed by atoms with E-state index < -0.39 is 11.9 Å². The van der Waals surface area contributed by atoms with E-state index in [1.54, 1.807) is 16.8 Å². The van der Waals surface area contributed by atoms with Gasteiger partial charge in [-0.3, -0.25) is 10.1 Å². The van der Waals surface area contributed by atoms with Crippen LogP contribution in [0.1, 0.15) is 12.8 Å². The molecule has 0 spiro atoms. The Morgan fingerprint density at radius 3 is 3.00 bits per heavy atom. The highest BCUT2D eigenvalue weighted by molar-refractivity contribution is 5.88. The first-order valence-corrected chi connectivity index (χ1v) is 6.73. The number of urea groups is 1. The molecule has 110 valence electrons. The van der Waals surface area contributed by atoms with Crippen LogP contribution < -0.4 is 5.32 Å². The van der Waals surface area contributed by atoms with Gasteiger partial charge in [0.2, 0.25) is 0 Å². The van der Waals surface area contributed by atoms with Gasteiger partial charge in [-0.05, 0) is 25.0 Å². The SMILES string of the molecule is O=C(O)C1CCCN(C(=O)Nc2nc3ccccn3n2)C1. The van der Waals surface area contributed by atoms with Gasteiger partial charge in [-0.15, -0.1) is 5.10 Å². The third-order valence-corrected chi connectivity index (χ3v) is 3.52. The number of carboxylic acids is 1. The third kappa shape index (κ3) is 2.78. The monoisotopic (exact) mass is 289 g/mol. The summed E-state index contributed by atoms with van der Waals surface area (Å²) in [5.41, 5.74) is 0.634. The molecule has 1 unspecified atom stereocenters. The topological polar surface area (TPSA) is 99.8 Å². The van der Waals surface area contributed by atoms with Crippen LogP contribution in [0.15, 0.2) is 24.4 Å². The number of aromatic nitrogens is 3. The molecule has 2 aromatic heterocycles. The Hall–Kier alpha value is -2.64. The van der Waals surface area contributed by atoms with Crippen molar-refractivity contribution in [3.8, 4) is 0 Å². The minimum absolute atomic E-state index is 0.212. The second-order valence-corrected chi connectivity index (χ2v) is 4.99. The van der Waals surface area contributed by atoms with E-state index in [1.165, 1.54) is 4.90 Å². The highest BCUT2D eigenvalue weighted by Gasteiger charge is 2.28. The minimum Gasteiger partial charge on any atom is -0.481 e. The highest BCUT2D eigenvalue weighted by atomic mass is 16.4. The number of hydrogen-bond donors (Lipinski definition) is 2. The number of piperidine rings is 1. The average molecular weight is 289 g/mol. The number of likely N-dealkylation sites (tertiary alicyclic amines) is 1. The zero-order valence-corrected chi connectivity index (χ0v) is 11.3. The lowest BCUT2D eigenvalue weighted by molar-refractivity contribution is -0.143. The molecule has 2 N–H and O–H groups in total. The van der Waals surface area contributed by atoms with Crippen molar-refractivity contribution < 1.29 is 14.7 Å². The Morgan fingerprint density at radius 1 is 1.38 bits per heavy atom. The Morgan fingerprint density at radius 2 is 2.24 bits per heavy atom. The van der Waals surface area contributed by atoms with Crippen LogP contribution in [-0.4, -0.2) is 49.7 Å². The van der Waals surface area contributed by atoms with Gasteiger partial charge in [-0.2, -0.15) is 4.98 Å². The molecule has 21 heavy (non-hydrogen) atoms. The molecule has 1 atom stereocenters. The van der Waals surface area contributed by atoms with Crippen LogP contribution in [0.4, 0.5) is 10.7 Å². The molecule has 0 bridgehead atoms. The second-order valence-electron chi connectivity index (χ2n) is 4.99. The Kier molecular flexibility index (Phi) is 3.43. The summed E-state index contributed by atoms with van der Waals surface area (Å²) in [5.74, 6) is -1.15. The molecule has 8 heteroatoms. The number of rotatable bonds is 2. The van der Waals surface area contributed by atoms with Crippen molar-refractivity contribution in [3.63, 3.8) is 0 Å². The zero-order chi connectivity index (χ0) is 14.8. The Labute approximate surface area is 120 Å². The van der Waals surface area contributed by atoms with Crippen molar-refractivity contribution in [2.24, 2.45) is 5.92 Å². The lowest BCUT2D eigenvalue weighted by Crippen LogP contribution is -2.44. The van der Waals surface area contributed by atoms with Crippen molar-refractivity contribution in [1.82, 2.24) is 19.5 Å². The summed E-state index contributed by atoms with van der Waals surface area (Å²) in [6.07, 6.45) is 3.02. The van der Waals surface area contributed by atoms with E-state index >= 15 is 0 Å². The normalized spacial score (nSPS) is 18.7. The summed E-state index contributed by atoms with van der Waals surface area (Å²) in [5, 5.41) is 15.8. The van der Waals surface area contributed by atoms with Gasteiger partial charge in [-0.25, -0.2) is 9.31 Å². The lowest BCUT2D eigenvalue weighted by atomic mass is 9.99. The number of pyridine rings is 1. The summed E-state index contributed by atoms with van der Waals surface area (Å²) in [6, 6.07) is 5.06. The number of carbonyl (C=O) groups excluding carboxylic acids is 1. The maximum Gasteiger partial charge on any atom is 0.324 e. The molecule has 0 aromatic carbocycles. The summed E-state index contributed by atoms with van der Waals surface area (Å²) in [7, 11) is 0. The van der Waals surface area contributed by atoms with Gasteiger partial charge >= 0.3 is 12.0 Å². The number of carboxylic acid groups (broad SMARTS) is 1. The van der Waals surface area contributed by atoms with Gasteiger partial charge in [0.05, 0.1) is 5.92 Å². The van der Waals surface area contributed by atoms with Crippen LogP contribution in [0, 0.1) is 5.92 Å². The van der Waals surface area contributed by atoms with Gasteiger partial charge in [0.1, 0.15) is 0 Å². The first-order valence-electron chi connectivity index (χ1n) is 6.73. The first kappa shape index (κ1) is 13.3. The number of hydrogen-bond acceptors (Lipinski definition) is 4. The Bertz CT molecular complexity index is 650. The van der Waals surface area contributed by atoms with Crippen molar-refractivity contribution in [3.05, 3.63) is 24.4 Å². The second kappa shape index (κ2) is 5.39. The van der Waals surface area contributed by atoms with Crippen molar-refractivity contribution in [1.29, 1.82) is 0 Å². The van der Waals surface area contributed by atoms with Crippen LogP contribution in [0.5, 0.6) is 0 Å². The fraction of sp³-hybridized carbons (Fsp3) is 0.385. The lowest BCUT2D eigenvalue weighted by Gasteiger charge is -2.30. The largest absolute Gasteiger partial charge is 0.481 e. The van der Waals surface area contributed by atoms with Crippen molar-refractivity contribution in [2.45, 2.75) is 12.8 Å². The molecule has 1 fully saturated rings. The van der Waals surface area contributed by atoms with E-state index in [1.807, 2.05) is 12.1 Å². The summed E-state index contributed by atoms with van der Waals surface area (Å²) < 4.78 is 1.56. The van der Waals surface area contributed by atoms with Gasteiger partial charge in [-0.1, -0.05) is 6.07 Å². The number of nitrogens with zero attached hydrogens (tertiary/aromatic N) is 4. The van der Waals surface area contributed by atoms with Gasteiger partial charge in [0.25, 0.3) is 5.95 Å². The van der Waals surface area contributed by atoms with Crippen LogP contribution in [-0.2, 0) is 4.79 Å². The molecule has 1 aliphatic heterocycles. The number of carbonyl (C=O) groups is 2. The molecule has 3 heterocycles. The van der Waals surface area contributed by atoms with E-state index in [2.05, 4.69) is 15.4 Å². The summed E-state index contributed by atoms with van der Waals surface area (Å²) in [6.45, 7) is 0.761. The molecule has 0 aliphatic carbocycles. The zero-order valence-electron chi connectivity index (χ0n) is 11.3. The minimum atomic E-state index is -0.863. The van der Waals surface area contributed by atoms with E-state index in [9.17, 15) is 9.59 Å². The number of anilines is 1. The van der Waals surface area contributed by atoms with E-state index in [0.29, 0.717) is 25.0 Å². The van der Waals surface area contributed by atoms with E-state index in [0.717, 1.165) is 0 Å². The molecule has 2 amide bonds. The summed E-state index contributed by atoms with van der Waals surface area (Å²) >= 11 is 0. The van der Waals surface area contributed by atoms with Crippen molar-refractivity contribution >= 4 is 23.6 Å². The van der Waals surface area contributed by atoms with Crippen LogP contribution >= 0.6 is 0 Å². The van der Waals surface area contributed by atoms with Gasteiger partial charge < -0.3 is 10.0 Å². The van der Waals surface area contributed by atoms with Crippen LogP contribution in [0.25, 0.3) is 5.65 Å². The van der Waals surface area contributed by atoms with Crippen LogP contribution in [0.3, 0.4) is 0 Å². The molecule has 2 aromatic rings. The van der Waals surface area contributed by atoms with Crippen molar-refractivity contribution in [2.75, 3.05) is 18.4 Å². The predicted molar refractivity (Wildman–Crippen MR) is 73.9 cm³/mol. The fourth-order valence-electron chi connectivity index (χ4n) is 2.42. The molecular weight excluding hydrogens is 274 g/mol.